The molecule has 3 heteroatoms. The fourth-order valence-electron chi connectivity index (χ4n) is 2.59. The van der Waals surface area contributed by atoms with E-state index in [9.17, 15) is 0 Å². The topological polar surface area (TPSA) is 29.3 Å². The minimum Gasteiger partial charge on any atom is -0.328 e. The third-order valence-electron chi connectivity index (χ3n) is 3.69. The zero-order valence-electron chi connectivity index (χ0n) is 10.4. The predicted octanol–water partition coefficient (Wildman–Crippen LogP) is 3.04. The summed E-state index contributed by atoms with van der Waals surface area (Å²) in [6.07, 6.45) is 4.76. The van der Waals surface area contributed by atoms with Crippen molar-refractivity contribution in [3.8, 4) is 0 Å². The van der Waals surface area contributed by atoms with Gasteiger partial charge >= 0.3 is 0 Å². The van der Waals surface area contributed by atoms with E-state index in [0.717, 1.165) is 24.4 Å². The number of hydrogen-bond donors (Lipinski definition) is 1. The number of nitrogens with two attached hydrogens (primary N) is 1. The van der Waals surface area contributed by atoms with Gasteiger partial charge < -0.3 is 5.73 Å². The van der Waals surface area contributed by atoms with Crippen molar-refractivity contribution in [2.24, 2.45) is 5.73 Å². The molecule has 1 saturated carbocycles. The van der Waals surface area contributed by atoms with Crippen molar-refractivity contribution in [2.75, 3.05) is 7.05 Å². The second kappa shape index (κ2) is 5.85. The van der Waals surface area contributed by atoms with Gasteiger partial charge in [0.15, 0.2) is 0 Å². The molecule has 1 fully saturated rings. The van der Waals surface area contributed by atoms with E-state index in [-0.39, 0.29) is 0 Å². The summed E-state index contributed by atoms with van der Waals surface area (Å²) in [6.45, 7) is 0.973. The van der Waals surface area contributed by atoms with Crippen molar-refractivity contribution in [1.82, 2.24) is 4.90 Å². The van der Waals surface area contributed by atoms with E-state index in [4.69, 9.17) is 17.3 Å². The Morgan fingerprint density at radius 2 is 2.00 bits per heavy atom. The van der Waals surface area contributed by atoms with Gasteiger partial charge in [0, 0.05) is 23.7 Å². The highest BCUT2D eigenvalue weighted by Gasteiger charge is 2.21. The first-order chi connectivity index (χ1) is 8.15. The Bertz CT molecular complexity index is 359. The molecule has 17 heavy (non-hydrogen) atoms. The van der Waals surface area contributed by atoms with E-state index in [1.807, 2.05) is 18.2 Å². The van der Waals surface area contributed by atoms with Gasteiger partial charge in [0.1, 0.15) is 0 Å². The van der Waals surface area contributed by atoms with Gasteiger partial charge in [-0.25, -0.2) is 0 Å². The minimum atomic E-state index is 0.422. The molecule has 0 aliphatic heterocycles. The molecule has 0 bridgehead atoms. The Morgan fingerprint density at radius 3 is 2.65 bits per heavy atom. The van der Waals surface area contributed by atoms with Gasteiger partial charge in [-0.3, -0.25) is 4.90 Å². The lowest BCUT2D eigenvalue weighted by atomic mass is 9.91. The van der Waals surface area contributed by atoms with Gasteiger partial charge in [0.2, 0.25) is 0 Å². The zero-order valence-corrected chi connectivity index (χ0v) is 11.2. The fraction of sp³-hybridized carbons (Fsp3) is 0.571. The van der Waals surface area contributed by atoms with Gasteiger partial charge in [-0.15, -0.1) is 0 Å². The molecule has 1 aromatic rings. The van der Waals surface area contributed by atoms with Crippen molar-refractivity contribution in [3.05, 3.63) is 34.9 Å². The maximum Gasteiger partial charge on any atom is 0.0409 e. The summed E-state index contributed by atoms with van der Waals surface area (Å²) in [4.78, 5) is 2.43. The maximum atomic E-state index is 6.00. The normalized spacial score (nSPS) is 25.2. The lowest BCUT2D eigenvalue weighted by Crippen LogP contribution is -2.38. The molecular weight excluding hydrogens is 232 g/mol. The lowest BCUT2D eigenvalue weighted by molar-refractivity contribution is 0.176. The first-order valence-corrected chi connectivity index (χ1v) is 6.73. The van der Waals surface area contributed by atoms with E-state index in [1.54, 1.807) is 0 Å². The first-order valence-electron chi connectivity index (χ1n) is 6.35. The highest BCUT2D eigenvalue weighted by Crippen LogP contribution is 2.23. The molecule has 0 aromatic heterocycles. The quantitative estimate of drug-likeness (QED) is 0.896. The second-order valence-corrected chi connectivity index (χ2v) is 5.55. The lowest BCUT2D eigenvalue weighted by Gasteiger charge is -2.33. The van der Waals surface area contributed by atoms with Crippen LogP contribution in [0.4, 0.5) is 0 Å². The maximum absolute atomic E-state index is 6.00. The van der Waals surface area contributed by atoms with E-state index < -0.39 is 0 Å². The summed E-state index contributed by atoms with van der Waals surface area (Å²) in [5.41, 5.74) is 7.22. The Labute approximate surface area is 109 Å². The third-order valence-corrected chi connectivity index (χ3v) is 3.92. The zero-order chi connectivity index (χ0) is 12.3. The molecule has 0 spiro atoms. The van der Waals surface area contributed by atoms with Crippen molar-refractivity contribution >= 4 is 11.6 Å². The molecule has 0 atom stereocenters. The SMILES string of the molecule is CN(Cc1cccc(Cl)c1)C1CCC(N)CC1. The van der Waals surface area contributed by atoms with Gasteiger partial charge in [0.05, 0.1) is 0 Å². The van der Waals surface area contributed by atoms with Crippen LogP contribution in [-0.4, -0.2) is 24.0 Å². The molecule has 0 heterocycles. The Balaban J connectivity index is 1.90. The number of nitrogens with zero attached hydrogens (tertiary/aromatic N) is 1. The van der Waals surface area contributed by atoms with Crippen LogP contribution < -0.4 is 5.73 Å². The molecule has 2 rings (SSSR count). The van der Waals surface area contributed by atoms with Crippen LogP contribution in [0.1, 0.15) is 31.2 Å². The molecule has 0 radical (unpaired) electrons. The number of rotatable bonds is 3. The van der Waals surface area contributed by atoms with Crippen LogP contribution in [0.2, 0.25) is 5.02 Å². The van der Waals surface area contributed by atoms with E-state index in [1.165, 1.54) is 18.4 Å². The second-order valence-electron chi connectivity index (χ2n) is 5.11. The largest absolute Gasteiger partial charge is 0.328 e. The van der Waals surface area contributed by atoms with Gasteiger partial charge in [0.25, 0.3) is 0 Å². The summed E-state index contributed by atoms with van der Waals surface area (Å²) in [5.74, 6) is 0. The van der Waals surface area contributed by atoms with Crippen LogP contribution in [0.3, 0.4) is 0 Å². The summed E-state index contributed by atoms with van der Waals surface area (Å²) < 4.78 is 0. The standard InChI is InChI=1S/C14H21ClN2/c1-17(14-7-5-13(16)6-8-14)10-11-3-2-4-12(15)9-11/h2-4,9,13-14H,5-8,10,16H2,1H3. The molecule has 1 aromatic carbocycles. The van der Waals surface area contributed by atoms with Crippen molar-refractivity contribution in [2.45, 2.75) is 44.3 Å². The third kappa shape index (κ3) is 3.70. The summed E-state index contributed by atoms with van der Waals surface area (Å²) in [7, 11) is 2.20. The van der Waals surface area contributed by atoms with Crippen molar-refractivity contribution in [3.63, 3.8) is 0 Å². The van der Waals surface area contributed by atoms with Crippen molar-refractivity contribution < 1.29 is 0 Å². The number of benzene rings is 1. The molecule has 1 aliphatic rings. The summed E-state index contributed by atoms with van der Waals surface area (Å²) in [6, 6.07) is 9.22. The summed E-state index contributed by atoms with van der Waals surface area (Å²) >= 11 is 6.00. The van der Waals surface area contributed by atoms with Crippen LogP contribution in [-0.2, 0) is 6.54 Å². The van der Waals surface area contributed by atoms with Crippen LogP contribution in [0.25, 0.3) is 0 Å². The van der Waals surface area contributed by atoms with E-state index in [0.29, 0.717) is 12.1 Å². The molecule has 0 amide bonds. The minimum absolute atomic E-state index is 0.422. The van der Waals surface area contributed by atoms with Crippen molar-refractivity contribution in [1.29, 1.82) is 0 Å². The van der Waals surface area contributed by atoms with Crippen LogP contribution in [0.5, 0.6) is 0 Å². The Kier molecular flexibility index (Phi) is 4.43. The molecule has 2 nitrogen and oxygen atoms in total. The van der Waals surface area contributed by atoms with Crippen LogP contribution in [0, 0.1) is 0 Å². The Hall–Kier alpha value is -0.570. The van der Waals surface area contributed by atoms with Crippen LogP contribution in [0.15, 0.2) is 24.3 Å². The molecule has 0 unspecified atom stereocenters. The smallest absolute Gasteiger partial charge is 0.0409 e. The average Bonchev–Trinajstić information content (AvgIpc) is 2.29. The number of halogens is 1. The average molecular weight is 253 g/mol. The monoisotopic (exact) mass is 252 g/mol. The van der Waals surface area contributed by atoms with Crippen LogP contribution >= 0.6 is 11.6 Å². The highest BCUT2D eigenvalue weighted by atomic mass is 35.5. The van der Waals surface area contributed by atoms with Gasteiger partial charge in [-0.05, 0) is 50.4 Å². The molecule has 2 N–H and O–H groups in total. The molecular formula is C14H21ClN2. The molecule has 0 saturated heterocycles. The number of hydrogen-bond acceptors (Lipinski definition) is 2. The molecule has 1 aliphatic carbocycles. The van der Waals surface area contributed by atoms with E-state index in [2.05, 4.69) is 18.0 Å². The Morgan fingerprint density at radius 1 is 1.29 bits per heavy atom. The first kappa shape index (κ1) is 12.9. The molecule has 94 valence electrons. The van der Waals surface area contributed by atoms with Gasteiger partial charge in [-0.2, -0.15) is 0 Å². The predicted molar refractivity (Wildman–Crippen MR) is 73.2 cm³/mol. The van der Waals surface area contributed by atoms with E-state index >= 15 is 0 Å². The fourth-order valence-corrected chi connectivity index (χ4v) is 2.81. The highest BCUT2D eigenvalue weighted by molar-refractivity contribution is 6.30. The summed E-state index contributed by atoms with van der Waals surface area (Å²) in [5, 5.41) is 0.821. The van der Waals surface area contributed by atoms with Gasteiger partial charge in [-0.1, -0.05) is 23.7 Å².